The Hall–Kier alpha value is -2.18. The fourth-order valence-electron chi connectivity index (χ4n) is 3.78. The molecule has 0 bridgehead atoms. The molecule has 1 aromatic carbocycles. The lowest BCUT2D eigenvalue weighted by molar-refractivity contribution is 0.0850. The van der Waals surface area contributed by atoms with E-state index < -0.39 is 6.10 Å². The third kappa shape index (κ3) is 4.76. The Morgan fingerprint density at radius 3 is 2.67 bits per heavy atom. The fraction of sp³-hybridized carbons (Fsp3) is 0.524. The first kappa shape index (κ1) is 18.2. The number of hydrogen-bond donors (Lipinski definition) is 3. The van der Waals surface area contributed by atoms with Crippen molar-refractivity contribution in [2.45, 2.75) is 37.7 Å². The number of β-amino-alcohol motifs (C(OH)–C–C–N with tert-alkyl or cyclic N) is 1. The van der Waals surface area contributed by atoms with Crippen LogP contribution in [0.3, 0.4) is 0 Å². The quantitative estimate of drug-likeness (QED) is 0.701. The van der Waals surface area contributed by atoms with Gasteiger partial charge in [0.05, 0.1) is 6.10 Å². The molecule has 6 nitrogen and oxygen atoms in total. The number of carbonyl (C=O) groups excluding carboxylic acids is 1. The molecule has 1 aliphatic carbocycles. The Morgan fingerprint density at radius 2 is 1.96 bits per heavy atom. The number of amides is 1. The predicted octanol–water partition coefficient (Wildman–Crippen LogP) is 2.46. The average Bonchev–Trinajstić information content (AvgIpc) is 3.44. The summed E-state index contributed by atoms with van der Waals surface area (Å²) in [4.78, 5) is 14.6. The Morgan fingerprint density at radius 1 is 1.22 bits per heavy atom. The molecular weight excluding hydrogens is 340 g/mol. The zero-order chi connectivity index (χ0) is 18.6. The van der Waals surface area contributed by atoms with Gasteiger partial charge in [-0.3, -0.25) is 9.89 Å². The summed E-state index contributed by atoms with van der Waals surface area (Å²) in [5.41, 5.74) is 2.56. The molecule has 2 aliphatic rings. The lowest BCUT2D eigenvalue weighted by Gasteiger charge is -2.33. The van der Waals surface area contributed by atoms with Crippen molar-refractivity contribution in [2.75, 3.05) is 26.2 Å². The monoisotopic (exact) mass is 368 g/mol. The van der Waals surface area contributed by atoms with Crippen LogP contribution in [0.25, 0.3) is 0 Å². The maximum atomic E-state index is 12.3. The van der Waals surface area contributed by atoms with E-state index >= 15 is 0 Å². The lowest BCUT2D eigenvalue weighted by Crippen LogP contribution is -2.40. The highest BCUT2D eigenvalue weighted by molar-refractivity contribution is 5.92. The van der Waals surface area contributed by atoms with Gasteiger partial charge in [-0.25, -0.2) is 0 Å². The first-order valence-electron chi connectivity index (χ1n) is 9.98. The van der Waals surface area contributed by atoms with Crippen molar-refractivity contribution in [3.63, 3.8) is 0 Å². The molecular formula is C21H28N4O2. The van der Waals surface area contributed by atoms with Crippen LogP contribution in [0, 0.1) is 5.92 Å². The number of piperidine rings is 1. The number of nitrogens with one attached hydrogen (secondary N) is 2. The third-order valence-electron chi connectivity index (χ3n) is 5.72. The summed E-state index contributed by atoms with van der Waals surface area (Å²) in [5.74, 6) is 0.982. The van der Waals surface area contributed by atoms with E-state index in [1.807, 2.05) is 36.4 Å². The number of likely N-dealkylation sites (tertiary alicyclic amines) is 1. The van der Waals surface area contributed by atoms with Gasteiger partial charge in [-0.2, -0.15) is 5.10 Å². The summed E-state index contributed by atoms with van der Waals surface area (Å²) in [7, 11) is 0. The van der Waals surface area contributed by atoms with Crippen LogP contribution in [-0.2, 0) is 0 Å². The van der Waals surface area contributed by atoms with Gasteiger partial charge in [0.15, 0.2) is 0 Å². The Bertz CT molecular complexity index is 749. The van der Waals surface area contributed by atoms with E-state index in [-0.39, 0.29) is 5.91 Å². The third-order valence-corrected chi connectivity index (χ3v) is 5.72. The van der Waals surface area contributed by atoms with Gasteiger partial charge in [-0.05, 0) is 56.3 Å². The number of aliphatic hydroxyl groups is 1. The minimum Gasteiger partial charge on any atom is -0.387 e. The molecule has 2 aromatic rings. The van der Waals surface area contributed by atoms with Crippen molar-refractivity contribution in [3.05, 3.63) is 53.3 Å². The van der Waals surface area contributed by atoms with E-state index in [4.69, 9.17) is 0 Å². The minimum atomic E-state index is -0.442. The maximum absolute atomic E-state index is 12.3. The highest BCUT2D eigenvalue weighted by atomic mass is 16.3. The van der Waals surface area contributed by atoms with Crippen LogP contribution in [0.2, 0.25) is 0 Å². The number of aromatic amines is 1. The van der Waals surface area contributed by atoms with Crippen molar-refractivity contribution < 1.29 is 9.90 Å². The predicted molar refractivity (Wildman–Crippen MR) is 103 cm³/mol. The molecule has 1 unspecified atom stereocenters. The molecule has 1 amide bonds. The maximum Gasteiger partial charge on any atom is 0.271 e. The molecule has 3 N–H and O–H groups in total. The molecule has 2 heterocycles. The van der Waals surface area contributed by atoms with Crippen molar-refractivity contribution in [1.29, 1.82) is 0 Å². The first-order valence-corrected chi connectivity index (χ1v) is 9.98. The molecule has 0 radical (unpaired) electrons. The van der Waals surface area contributed by atoms with Gasteiger partial charge in [0.25, 0.3) is 5.91 Å². The second-order valence-corrected chi connectivity index (χ2v) is 7.86. The van der Waals surface area contributed by atoms with Gasteiger partial charge in [0, 0.05) is 24.7 Å². The van der Waals surface area contributed by atoms with E-state index in [1.54, 1.807) is 0 Å². The number of carbonyl (C=O) groups is 1. The number of aliphatic hydroxyl groups excluding tert-OH is 1. The molecule has 1 saturated heterocycles. The van der Waals surface area contributed by atoms with Crippen molar-refractivity contribution in [2.24, 2.45) is 5.92 Å². The topological polar surface area (TPSA) is 81.3 Å². The normalized spacial score (nSPS) is 19.7. The van der Waals surface area contributed by atoms with E-state index in [0.717, 1.165) is 37.2 Å². The first-order chi connectivity index (χ1) is 13.2. The summed E-state index contributed by atoms with van der Waals surface area (Å²) in [5, 5.41) is 20.5. The highest BCUT2D eigenvalue weighted by Gasteiger charge is 2.27. The van der Waals surface area contributed by atoms with Gasteiger partial charge in [-0.1, -0.05) is 30.3 Å². The number of rotatable bonds is 7. The van der Waals surface area contributed by atoms with Crippen LogP contribution in [0.5, 0.6) is 0 Å². The molecule has 1 saturated carbocycles. The zero-order valence-electron chi connectivity index (χ0n) is 15.6. The number of hydrogen-bond acceptors (Lipinski definition) is 4. The van der Waals surface area contributed by atoms with E-state index in [1.165, 1.54) is 12.8 Å². The number of H-pyrrole nitrogens is 1. The molecule has 27 heavy (non-hydrogen) atoms. The zero-order valence-corrected chi connectivity index (χ0v) is 15.6. The van der Waals surface area contributed by atoms with Crippen LogP contribution in [0.1, 0.15) is 59.5 Å². The van der Waals surface area contributed by atoms with Gasteiger partial charge < -0.3 is 15.3 Å². The second-order valence-electron chi connectivity index (χ2n) is 7.86. The van der Waals surface area contributed by atoms with Gasteiger partial charge in [-0.15, -0.1) is 0 Å². The molecule has 1 atom stereocenters. The molecule has 144 valence electrons. The molecule has 0 spiro atoms. The van der Waals surface area contributed by atoms with Crippen molar-refractivity contribution in [1.82, 2.24) is 20.4 Å². The molecule has 1 aromatic heterocycles. The van der Waals surface area contributed by atoms with Crippen LogP contribution < -0.4 is 5.32 Å². The molecule has 1 aliphatic heterocycles. The summed E-state index contributed by atoms with van der Waals surface area (Å²) in [6.45, 7) is 3.27. The number of aromatic nitrogens is 2. The van der Waals surface area contributed by atoms with Crippen LogP contribution in [-0.4, -0.2) is 52.3 Å². The van der Waals surface area contributed by atoms with E-state index in [2.05, 4.69) is 20.4 Å². The SMILES string of the molecule is O=C(NCC1CCN(CC(O)c2ccccc2)CC1)c1cc(C2CC2)[nH]n1. The lowest BCUT2D eigenvalue weighted by atomic mass is 9.96. The molecule has 6 heteroatoms. The Labute approximate surface area is 160 Å². The second kappa shape index (κ2) is 8.23. The summed E-state index contributed by atoms with van der Waals surface area (Å²) in [6, 6.07) is 11.7. The van der Waals surface area contributed by atoms with Crippen LogP contribution in [0.15, 0.2) is 36.4 Å². The largest absolute Gasteiger partial charge is 0.387 e. The Kier molecular flexibility index (Phi) is 5.55. The van der Waals surface area contributed by atoms with Crippen LogP contribution in [0.4, 0.5) is 0 Å². The highest BCUT2D eigenvalue weighted by Crippen LogP contribution is 2.38. The minimum absolute atomic E-state index is 0.0833. The fourth-order valence-corrected chi connectivity index (χ4v) is 3.78. The molecule has 4 rings (SSSR count). The molecule has 2 fully saturated rings. The smallest absolute Gasteiger partial charge is 0.271 e. The van der Waals surface area contributed by atoms with Gasteiger partial charge >= 0.3 is 0 Å². The van der Waals surface area contributed by atoms with Gasteiger partial charge in [0.1, 0.15) is 5.69 Å². The summed E-state index contributed by atoms with van der Waals surface area (Å²) < 4.78 is 0. The number of benzene rings is 1. The van der Waals surface area contributed by atoms with E-state index in [9.17, 15) is 9.90 Å². The van der Waals surface area contributed by atoms with Gasteiger partial charge in [0.2, 0.25) is 0 Å². The van der Waals surface area contributed by atoms with Crippen molar-refractivity contribution >= 4 is 5.91 Å². The Balaban J connectivity index is 1.18. The van der Waals surface area contributed by atoms with Crippen molar-refractivity contribution in [3.8, 4) is 0 Å². The average molecular weight is 368 g/mol. The van der Waals surface area contributed by atoms with Crippen LogP contribution >= 0.6 is 0 Å². The van der Waals surface area contributed by atoms with E-state index in [0.29, 0.717) is 30.6 Å². The standard InChI is InChI=1S/C21H28N4O2/c26-20(17-4-2-1-3-5-17)14-25-10-8-15(9-11-25)13-22-21(27)19-12-18(23-24-19)16-6-7-16/h1-5,12,15-16,20,26H,6-11,13-14H2,(H,22,27)(H,23,24). The summed E-state index contributed by atoms with van der Waals surface area (Å²) >= 11 is 0. The summed E-state index contributed by atoms with van der Waals surface area (Å²) in [6.07, 6.45) is 4.02. The number of nitrogens with zero attached hydrogens (tertiary/aromatic N) is 2.